The van der Waals surface area contributed by atoms with Gasteiger partial charge in [0.05, 0.1) is 12.5 Å². The first-order valence-corrected chi connectivity index (χ1v) is 14.5. The normalized spacial score (nSPS) is 13.6. The maximum absolute atomic E-state index is 13.8. The molecule has 0 bridgehead atoms. The molecule has 3 aromatic carbocycles. The molecule has 4 rings (SSSR count). The van der Waals surface area contributed by atoms with Gasteiger partial charge in [-0.05, 0) is 34.9 Å². The minimum Gasteiger partial charge on any atom is -0.508 e. The average Bonchev–Trinajstić information content (AvgIpc) is 3.43. The molecule has 0 saturated carbocycles. The van der Waals surface area contributed by atoms with Gasteiger partial charge in [-0.1, -0.05) is 60.7 Å². The Balaban J connectivity index is 1.61. The van der Waals surface area contributed by atoms with Crippen LogP contribution in [0.5, 0.6) is 5.75 Å². The molecule has 0 aliphatic carbocycles. The second-order valence-corrected chi connectivity index (χ2v) is 10.9. The van der Waals surface area contributed by atoms with E-state index < -0.39 is 60.2 Å². The molecule has 240 valence electrons. The SMILES string of the molecule is NC(CC(=O)O)C(=O)NC(Cc1ccc(O)cc1)C(=O)NC(Cc1c[nH]c2ccccc12)C(=O)NC(Cc1ccccc1)C(=O)O. The lowest BCUT2D eigenvalue weighted by Gasteiger charge is -2.25. The van der Waals surface area contributed by atoms with Crippen LogP contribution in [0.2, 0.25) is 0 Å². The van der Waals surface area contributed by atoms with Crippen molar-refractivity contribution in [2.75, 3.05) is 0 Å². The van der Waals surface area contributed by atoms with Crippen LogP contribution in [0.4, 0.5) is 0 Å². The highest BCUT2D eigenvalue weighted by molar-refractivity contribution is 5.95. The molecule has 4 atom stereocenters. The number of hydrogen-bond acceptors (Lipinski definition) is 7. The molecule has 0 aliphatic heterocycles. The van der Waals surface area contributed by atoms with E-state index in [-0.39, 0.29) is 25.0 Å². The predicted molar refractivity (Wildman–Crippen MR) is 168 cm³/mol. The third-order valence-electron chi connectivity index (χ3n) is 7.37. The summed E-state index contributed by atoms with van der Waals surface area (Å²) < 4.78 is 0. The zero-order valence-corrected chi connectivity index (χ0v) is 24.7. The Labute approximate surface area is 263 Å². The minimum absolute atomic E-state index is 0.00331. The van der Waals surface area contributed by atoms with E-state index in [2.05, 4.69) is 20.9 Å². The summed E-state index contributed by atoms with van der Waals surface area (Å²) >= 11 is 0. The Morgan fingerprint density at radius 3 is 1.87 bits per heavy atom. The Kier molecular flexibility index (Phi) is 11.1. The van der Waals surface area contributed by atoms with E-state index in [0.717, 1.165) is 10.9 Å². The van der Waals surface area contributed by atoms with Gasteiger partial charge in [-0.2, -0.15) is 0 Å². The fourth-order valence-electron chi connectivity index (χ4n) is 4.96. The number of phenols is 1. The van der Waals surface area contributed by atoms with Gasteiger partial charge in [0.1, 0.15) is 23.9 Å². The molecular weight excluding hydrogens is 594 g/mol. The number of carbonyl (C=O) groups excluding carboxylic acids is 3. The third-order valence-corrected chi connectivity index (χ3v) is 7.37. The summed E-state index contributed by atoms with van der Waals surface area (Å²) in [5, 5.41) is 37.1. The van der Waals surface area contributed by atoms with E-state index in [1.165, 1.54) is 24.3 Å². The second-order valence-electron chi connectivity index (χ2n) is 10.9. The van der Waals surface area contributed by atoms with Gasteiger partial charge in [0, 0.05) is 36.4 Å². The molecule has 0 spiro atoms. The summed E-state index contributed by atoms with van der Waals surface area (Å²) in [5.74, 6) is -5.04. The summed E-state index contributed by atoms with van der Waals surface area (Å²) in [6, 6.07) is 16.6. The Morgan fingerprint density at radius 1 is 0.674 bits per heavy atom. The number of benzene rings is 3. The molecule has 4 aromatic rings. The monoisotopic (exact) mass is 629 g/mol. The number of hydrogen-bond donors (Lipinski definition) is 8. The number of rotatable bonds is 15. The quantitative estimate of drug-likeness (QED) is 0.0946. The highest BCUT2D eigenvalue weighted by Crippen LogP contribution is 2.20. The van der Waals surface area contributed by atoms with Crippen molar-refractivity contribution in [2.45, 2.75) is 49.9 Å². The summed E-state index contributed by atoms with van der Waals surface area (Å²) in [6.07, 6.45) is 0.887. The number of nitrogens with one attached hydrogen (secondary N) is 4. The van der Waals surface area contributed by atoms with Crippen molar-refractivity contribution in [2.24, 2.45) is 5.73 Å². The first kappa shape index (κ1) is 33.2. The standard InChI is InChI=1S/C33H35N5O8/c34-24(17-29(40)41)30(42)36-26(14-20-10-12-22(39)13-11-20)31(43)37-27(16-21-18-35-25-9-5-4-8-23(21)25)32(44)38-28(33(45)46)15-19-6-2-1-3-7-19/h1-13,18,24,26-28,35,39H,14-17,34H2,(H,36,42)(H,37,43)(H,38,44)(H,40,41)(H,45,46). The van der Waals surface area contributed by atoms with Crippen LogP contribution in [-0.4, -0.2) is 74.1 Å². The average molecular weight is 630 g/mol. The molecule has 0 fully saturated rings. The van der Waals surface area contributed by atoms with E-state index in [0.29, 0.717) is 16.7 Å². The van der Waals surface area contributed by atoms with Crippen molar-refractivity contribution in [3.8, 4) is 5.75 Å². The third kappa shape index (κ3) is 9.16. The van der Waals surface area contributed by atoms with Gasteiger partial charge in [0.25, 0.3) is 0 Å². The first-order chi connectivity index (χ1) is 22.0. The van der Waals surface area contributed by atoms with Crippen LogP contribution in [0.1, 0.15) is 23.1 Å². The van der Waals surface area contributed by atoms with Crippen LogP contribution in [0.3, 0.4) is 0 Å². The molecule has 13 nitrogen and oxygen atoms in total. The number of aliphatic carboxylic acids is 2. The zero-order valence-electron chi connectivity index (χ0n) is 24.7. The van der Waals surface area contributed by atoms with Crippen molar-refractivity contribution in [3.63, 3.8) is 0 Å². The number of carboxylic acids is 2. The van der Waals surface area contributed by atoms with E-state index in [9.17, 15) is 34.2 Å². The van der Waals surface area contributed by atoms with Gasteiger partial charge < -0.3 is 42.0 Å². The van der Waals surface area contributed by atoms with Crippen LogP contribution >= 0.6 is 0 Å². The number of aromatic hydroxyl groups is 1. The molecular formula is C33H35N5O8. The van der Waals surface area contributed by atoms with E-state index in [1.807, 2.05) is 24.3 Å². The number of amides is 3. The van der Waals surface area contributed by atoms with Crippen molar-refractivity contribution in [3.05, 3.63) is 102 Å². The van der Waals surface area contributed by atoms with Crippen LogP contribution in [0, 0.1) is 0 Å². The molecule has 13 heteroatoms. The van der Waals surface area contributed by atoms with Gasteiger partial charge in [0.15, 0.2) is 0 Å². The molecule has 3 amide bonds. The number of aromatic amines is 1. The van der Waals surface area contributed by atoms with E-state index in [1.54, 1.807) is 36.5 Å². The summed E-state index contributed by atoms with van der Waals surface area (Å²) in [7, 11) is 0. The summed E-state index contributed by atoms with van der Waals surface area (Å²) in [6.45, 7) is 0. The van der Waals surface area contributed by atoms with Crippen molar-refractivity contribution in [1.82, 2.24) is 20.9 Å². The van der Waals surface area contributed by atoms with E-state index >= 15 is 0 Å². The lowest BCUT2D eigenvalue weighted by molar-refractivity contribution is -0.142. The van der Waals surface area contributed by atoms with E-state index in [4.69, 9.17) is 10.8 Å². The second kappa shape index (κ2) is 15.3. The molecule has 0 aliphatic rings. The molecule has 4 unspecified atom stereocenters. The number of phenolic OH excluding ortho intramolecular Hbond substituents is 1. The van der Waals surface area contributed by atoms with Gasteiger partial charge >= 0.3 is 11.9 Å². The fourth-order valence-corrected chi connectivity index (χ4v) is 4.96. The summed E-state index contributed by atoms with van der Waals surface area (Å²) in [5.41, 5.74) is 8.43. The smallest absolute Gasteiger partial charge is 0.326 e. The largest absolute Gasteiger partial charge is 0.508 e. The first-order valence-electron chi connectivity index (χ1n) is 14.5. The van der Waals surface area contributed by atoms with Gasteiger partial charge in [0.2, 0.25) is 17.7 Å². The number of carboxylic acid groups (broad SMARTS) is 2. The minimum atomic E-state index is -1.45. The highest BCUT2D eigenvalue weighted by Gasteiger charge is 2.31. The molecule has 1 aromatic heterocycles. The number of nitrogens with two attached hydrogens (primary N) is 1. The van der Waals surface area contributed by atoms with Crippen LogP contribution < -0.4 is 21.7 Å². The summed E-state index contributed by atoms with van der Waals surface area (Å²) in [4.78, 5) is 66.7. The molecule has 9 N–H and O–H groups in total. The van der Waals surface area contributed by atoms with Gasteiger partial charge in [-0.3, -0.25) is 19.2 Å². The Morgan fingerprint density at radius 2 is 1.22 bits per heavy atom. The van der Waals surface area contributed by atoms with Gasteiger partial charge in [-0.25, -0.2) is 4.79 Å². The molecule has 0 radical (unpaired) electrons. The zero-order chi connectivity index (χ0) is 33.2. The van der Waals surface area contributed by atoms with Crippen LogP contribution in [-0.2, 0) is 43.2 Å². The van der Waals surface area contributed by atoms with Crippen molar-refractivity contribution >= 4 is 40.6 Å². The maximum atomic E-state index is 13.8. The predicted octanol–water partition coefficient (Wildman–Crippen LogP) is 1.24. The maximum Gasteiger partial charge on any atom is 0.326 e. The lowest BCUT2D eigenvalue weighted by atomic mass is 10.0. The number of H-pyrrole nitrogens is 1. The molecule has 1 heterocycles. The lowest BCUT2D eigenvalue weighted by Crippen LogP contribution is -2.58. The van der Waals surface area contributed by atoms with Crippen LogP contribution in [0.15, 0.2) is 85.1 Å². The van der Waals surface area contributed by atoms with Crippen molar-refractivity contribution in [1.29, 1.82) is 0 Å². The molecule has 0 saturated heterocycles. The number of carbonyl (C=O) groups is 5. The van der Waals surface area contributed by atoms with Crippen LogP contribution in [0.25, 0.3) is 10.9 Å². The number of fused-ring (bicyclic) bond motifs is 1. The Hall–Kier alpha value is -5.69. The van der Waals surface area contributed by atoms with Gasteiger partial charge in [-0.15, -0.1) is 0 Å². The number of aromatic nitrogens is 1. The molecule has 46 heavy (non-hydrogen) atoms. The number of para-hydroxylation sites is 1. The fraction of sp³-hybridized carbons (Fsp3) is 0.242. The topological polar surface area (TPSA) is 224 Å². The highest BCUT2D eigenvalue weighted by atomic mass is 16.4. The Bertz CT molecular complexity index is 1690. The van der Waals surface area contributed by atoms with Crippen molar-refractivity contribution < 1.29 is 39.3 Å².